The van der Waals surface area contributed by atoms with E-state index in [4.69, 9.17) is 0 Å². The smallest absolute Gasteiger partial charge is 0.242 e. The Bertz CT molecular complexity index is 1070. The summed E-state index contributed by atoms with van der Waals surface area (Å²) in [4.78, 5) is 27.6. The maximum absolute atomic E-state index is 13.2. The van der Waals surface area contributed by atoms with Gasteiger partial charge in [0.1, 0.15) is 6.04 Å². The first-order valence-electron chi connectivity index (χ1n) is 12.1. The van der Waals surface area contributed by atoms with Gasteiger partial charge >= 0.3 is 0 Å². The number of nitrogens with one attached hydrogen (secondary N) is 1. The fourth-order valence-electron chi connectivity index (χ4n) is 3.81. The van der Waals surface area contributed by atoms with E-state index in [1.54, 1.807) is 17.9 Å². The maximum atomic E-state index is 13.2. The zero-order valence-electron chi connectivity index (χ0n) is 21.5. The molecule has 0 aliphatic carbocycles. The molecule has 35 heavy (non-hydrogen) atoms. The molecule has 0 heterocycles. The molecule has 0 spiro atoms. The van der Waals surface area contributed by atoms with Crippen LogP contribution in [0.2, 0.25) is 0 Å². The summed E-state index contributed by atoms with van der Waals surface area (Å²) < 4.78 is 26.2. The normalized spacial score (nSPS) is 12.3. The molecule has 1 atom stereocenters. The quantitative estimate of drug-likeness (QED) is 0.453. The molecule has 7 nitrogen and oxygen atoms in total. The van der Waals surface area contributed by atoms with Gasteiger partial charge in [-0.05, 0) is 55.9 Å². The number of amides is 2. The molecule has 0 radical (unpaired) electrons. The second-order valence-electron chi connectivity index (χ2n) is 9.42. The number of hydrogen-bond acceptors (Lipinski definition) is 4. The van der Waals surface area contributed by atoms with Crippen LogP contribution in [0.1, 0.15) is 44.7 Å². The highest BCUT2D eigenvalue weighted by Crippen LogP contribution is 2.20. The molecule has 2 rings (SSSR count). The van der Waals surface area contributed by atoms with E-state index in [-0.39, 0.29) is 24.8 Å². The highest BCUT2D eigenvalue weighted by molar-refractivity contribution is 7.92. The van der Waals surface area contributed by atoms with Crippen molar-refractivity contribution < 1.29 is 18.0 Å². The Hall–Kier alpha value is -2.87. The Morgan fingerprint density at radius 1 is 0.971 bits per heavy atom. The molecule has 0 aromatic heterocycles. The van der Waals surface area contributed by atoms with Crippen molar-refractivity contribution in [3.8, 4) is 0 Å². The summed E-state index contributed by atoms with van der Waals surface area (Å²) in [5.41, 5.74) is 2.63. The molecular formula is C27H39N3O4S. The molecular weight excluding hydrogens is 462 g/mol. The van der Waals surface area contributed by atoms with Gasteiger partial charge in [0.25, 0.3) is 0 Å². The first-order valence-corrected chi connectivity index (χ1v) is 14.0. The first-order chi connectivity index (χ1) is 16.5. The predicted octanol–water partition coefficient (Wildman–Crippen LogP) is 3.77. The summed E-state index contributed by atoms with van der Waals surface area (Å²) in [5.74, 6) is -0.0355. The molecule has 8 heteroatoms. The third-order valence-electron chi connectivity index (χ3n) is 5.78. The summed E-state index contributed by atoms with van der Waals surface area (Å²) in [6.45, 7) is 8.83. The maximum Gasteiger partial charge on any atom is 0.242 e. The molecule has 0 unspecified atom stereocenters. The first kappa shape index (κ1) is 28.4. The summed E-state index contributed by atoms with van der Waals surface area (Å²) in [7, 11) is -3.50. The minimum atomic E-state index is -3.50. The van der Waals surface area contributed by atoms with E-state index in [1.807, 2.05) is 69.3 Å². The Morgan fingerprint density at radius 3 is 2.26 bits per heavy atom. The summed E-state index contributed by atoms with van der Waals surface area (Å²) >= 11 is 0. The zero-order valence-corrected chi connectivity index (χ0v) is 22.3. The van der Waals surface area contributed by atoms with Crippen LogP contribution in [0.25, 0.3) is 0 Å². The fourth-order valence-corrected chi connectivity index (χ4v) is 4.77. The molecule has 0 aliphatic heterocycles. The van der Waals surface area contributed by atoms with Crippen molar-refractivity contribution in [2.24, 2.45) is 5.92 Å². The molecule has 2 aromatic rings. The lowest BCUT2D eigenvalue weighted by Crippen LogP contribution is -2.49. The van der Waals surface area contributed by atoms with Crippen molar-refractivity contribution >= 4 is 27.5 Å². The van der Waals surface area contributed by atoms with Gasteiger partial charge in [-0.1, -0.05) is 56.3 Å². The standard InChI is InChI=1S/C27H39N3O4S/c1-21(2)20-28-27(32)23(4)29(18-16-24-12-7-6-8-13-24)26(31)15-10-17-30(35(5,33)34)25-14-9-11-22(3)19-25/h6-9,11-14,19,21,23H,10,15-18,20H2,1-5H3,(H,28,32)/t23-/m0/s1. The molecule has 1 N–H and O–H groups in total. The van der Waals surface area contributed by atoms with Crippen LogP contribution in [0, 0.1) is 12.8 Å². The van der Waals surface area contributed by atoms with Gasteiger partial charge in [-0.2, -0.15) is 0 Å². The van der Waals surface area contributed by atoms with E-state index < -0.39 is 16.1 Å². The predicted molar refractivity (Wildman–Crippen MR) is 142 cm³/mol. The van der Waals surface area contributed by atoms with Crippen molar-refractivity contribution in [3.05, 3.63) is 65.7 Å². The Balaban J connectivity index is 2.10. The van der Waals surface area contributed by atoms with Crippen LogP contribution in [0.4, 0.5) is 5.69 Å². The number of carbonyl (C=O) groups excluding carboxylic acids is 2. The minimum Gasteiger partial charge on any atom is -0.354 e. The van der Waals surface area contributed by atoms with Crippen molar-refractivity contribution in [3.63, 3.8) is 0 Å². The highest BCUT2D eigenvalue weighted by Gasteiger charge is 2.26. The largest absolute Gasteiger partial charge is 0.354 e. The molecule has 2 amide bonds. The summed E-state index contributed by atoms with van der Waals surface area (Å²) in [6.07, 6.45) is 2.30. The second-order valence-corrected chi connectivity index (χ2v) is 11.3. The molecule has 0 saturated carbocycles. The van der Waals surface area contributed by atoms with Crippen molar-refractivity contribution in [2.45, 2.75) is 53.0 Å². The number of aryl methyl sites for hydroxylation is 1. The van der Waals surface area contributed by atoms with Crippen LogP contribution in [-0.4, -0.2) is 57.1 Å². The second kappa shape index (κ2) is 13.3. The SMILES string of the molecule is Cc1cccc(N(CCCC(=O)N(CCc2ccccc2)[C@@H](C)C(=O)NCC(C)C)S(C)(=O)=O)c1. The number of sulfonamides is 1. The van der Waals surface area contributed by atoms with Gasteiger partial charge in [-0.15, -0.1) is 0 Å². The number of nitrogens with zero attached hydrogens (tertiary/aromatic N) is 2. The summed E-state index contributed by atoms with van der Waals surface area (Å²) in [5, 5.41) is 2.92. The van der Waals surface area contributed by atoms with Crippen LogP contribution in [0.15, 0.2) is 54.6 Å². The zero-order chi connectivity index (χ0) is 26.0. The number of hydrogen-bond donors (Lipinski definition) is 1. The summed E-state index contributed by atoms with van der Waals surface area (Å²) in [6, 6.07) is 16.5. The molecule has 0 bridgehead atoms. The lowest BCUT2D eigenvalue weighted by atomic mass is 10.1. The third kappa shape index (κ3) is 9.36. The Morgan fingerprint density at radius 2 is 1.66 bits per heavy atom. The number of carbonyl (C=O) groups is 2. The molecule has 0 fully saturated rings. The molecule has 192 valence electrons. The van der Waals surface area contributed by atoms with E-state index in [0.29, 0.717) is 37.5 Å². The van der Waals surface area contributed by atoms with Crippen molar-refractivity contribution in [1.82, 2.24) is 10.2 Å². The number of benzene rings is 2. The van der Waals surface area contributed by atoms with Crippen molar-refractivity contribution in [2.75, 3.05) is 30.2 Å². The van der Waals surface area contributed by atoms with Crippen LogP contribution < -0.4 is 9.62 Å². The fraction of sp³-hybridized carbons (Fsp3) is 0.481. The Labute approximate surface area is 210 Å². The van der Waals surface area contributed by atoms with E-state index in [1.165, 1.54) is 10.6 Å². The van der Waals surface area contributed by atoms with Gasteiger partial charge in [0, 0.05) is 26.1 Å². The highest BCUT2D eigenvalue weighted by atomic mass is 32.2. The molecule has 0 aliphatic rings. The molecule has 2 aromatic carbocycles. The van der Waals surface area contributed by atoms with Crippen molar-refractivity contribution in [1.29, 1.82) is 0 Å². The number of rotatable bonds is 13. The van der Waals surface area contributed by atoms with Crippen LogP contribution in [0.3, 0.4) is 0 Å². The van der Waals surface area contributed by atoms with Gasteiger partial charge in [0.15, 0.2) is 0 Å². The Kier molecular flexibility index (Phi) is 10.8. The average Bonchev–Trinajstić information content (AvgIpc) is 2.80. The van der Waals surface area contributed by atoms with Gasteiger partial charge < -0.3 is 10.2 Å². The van der Waals surface area contributed by atoms with Gasteiger partial charge in [-0.3, -0.25) is 13.9 Å². The van der Waals surface area contributed by atoms with Gasteiger partial charge in [0.05, 0.1) is 11.9 Å². The van der Waals surface area contributed by atoms with E-state index >= 15 is 0 Å². The number of anilines is 1. The van der Waals surface area contributed by atoms with E-state index in [2.05, 4.69) is 5.32 Å². The lowest BCUT2D eigenvalue weighted by Gasteiger charge is -2.29. The van der Waals surface area contributed by atoms with E-state index in [0.717, 1.165) is 11.1 Å². The topological polar surface area (TPSA) is 86.8 Å². The van der Waals surface area contributed by atoms with E-state index in [9.17, 15) is 18.0 Å². The van der Waals surface area contributed by atoms with Gasteiger partial charge in [-0.25, -0.2) is 8.42 Å². The average molecular weight is 502 g/mol. The molecule has 0 saturated heterocycles. The minimum absolute atomic E-state index is 0.147. The third-order valence-corrected chi connectivity index (χ3v) is 6.97. The van der Waals surface area contributed by atoms with Gasteiger partial charge in [0.2, 0.25) is 21.8 Å². The lowest BCUT2D eigenvalue weighted by molar-refractivity contribution is -0.140. The van der Waals surface area contributed by atoms with Crippen LogP contribution in [0.5, 0.6) is 0 Å². The monoisotopic (exact) mass is 501 g/mol. The van der Waals surface area contributed by atoms with Crippen LogP contribution in [-0.2, 0) is 26.0 Å². The van der Waals surface area contributed by atoms with Crippen LogP contribution >= 0.6 is 0 Å².